The van der Waals surface area contributed by atoms with Crippen LogP contribution in [0.15, 0.2) is 22.7 Å². The van der Waals surface area contributed by atoms with Crippen LogP contribution in [-0.2, 0) is 4.74 Å². The second-order valence-corrected chi connectivity index (χ2v) is 5.19. The molecule has 0 saturated carbocycles. The van der Waals surface area contributed by atoms with Crippen molar-refractivity contribution in [3.05, 3.63) is 34.1 Å². The van der Waals surface area contributed by atoms with Crippen LogP contribution in [0.1, 0.15) is 24.2 Å². The van der Waals surface area contributed by atoms with E-state index in [4.69, 9.17) is 4.74 Å². The highest BCUT2D eigenvalue weighted by Gasteiger charge is 2.19. The Morgan fingerprint density at radius 1 is 1.53 bits per heavy atom. The molecule has 0 aliphatic heterocycles. The van der Waals surface area contributed by atoms with Crippen LogP contribution in [0.2, 0.25) is 0 Å². The van der Waals surface area contributed by atoms with Crippen LogP contribution in [0, 0.1) is 5.82 Å². The third-order valence-electron chi connectivity index (χ3n) is 2.40. The summed E-state index contributed by atoms with van der Waals surface area (Å²) >= 11 is 3.20. The second kappa shape index (κ2) is 5.60. The molecule has 5 heteroatoms. The van der Waals surface area contributed by atoms with Gasteiger partial charge in [-0.15, -0.1) is 0 Å². The van der Waals surface area contributed by atoms with Crippen molar-refractivity contribution in [1.29, 1.82) is 0 Å². The normalized spacial score (nSPS) is 11.4. The van der Waals surface area contributed by atoms with Gasteiger partial charge in [0.2, 0.25) is 0 Å². The Bertz CT molecular complexity index is 421. The summed E-state index contributed by atoms with van der Waals surface area (Å²) < 4.78 is 19.2. The van der Waals surface area contributed by atoms with Crippen LogP contribution in [0.3, 0.4) is 0 Å². The van der Waals surface area contributed by atoms with Gasteiger partial charge in [-0.3, -0.25) is 4.79 Å². The number of nitrogens with one attached hydrogen (secondary N) is 1. The lowest BCUT2D eigenvalue weighted by Crippen LogP contribution is -2.40. The first kappa shape index (κ1) is 14.1. The lowest BCUT2D eigenvalue weighted by atomic mass is 10.1. The van der Waals surface area contributed by atoms with E-state index in [9.17, 15) is 9.18 Å². The van der Waals surface area contributed by atoms with Crippen LogP contribution < -0.4 is 5.32 Å². The van der Waals surface area contributed by atoms with Gasteiger partial charge in [0, 0.05) is 18.1 Å². The molecule has 1 aromatic carbocycles. The second-order valence-electron chi connectivity index (χ2n) is 4.27. The maximum atomic E-state index is 13.4. The van der Waals surface area contributed by atoms with Crippen LogP contribution in [-0.4, -0.2) is 25.2 Å². The average molecular weight is 304 g/mol. The lowest BCUT2D eigenvalue weighted by molar-refractivity contribution is 0.0228. The molecule has 0 spiro atoms. The van der Waals surface area contributed by atoms with Crippen molar-refractivity contribution in [3.8, 4) is 0 Å². The summed E-state index contributed by atoms with van der Waals surface area (Å²) in [6, 6.07) is 4.25. The van der Waals surface area contributed by atoms with Gasteiger partial charge in [-0.2, -0.15) is 0 Å². The Hall–Kier alpha value is -0.940. The van der Waals surface area contributed by atoms with Gasteiger partial charge in [-0.05, 0) is 32.0 Å². The Morgan fingerprint density at radius 3 is 2.76 bits per heavy atom. The number of carbonyl (C=O) groups excluding carboxylic acids is 1. The maximum Gasteiger partial charge on any atom is 0.254 e. The van der Waals surface area contributed by atoms with Crippen molar-refractivity contribution in [2.24, 2.45) is 0 Å². The fourth-order valence-electron chi connectivity index (χ4n) is 1.13. The van der Waals surface area contributed by atoms with Crippen LogP contribution in [0.5, 0.6) is 0 Å². The molecule has 17 heavy (non-hydrogen) atoms. The van der Waals surface area contributed by atoms with E-state index in [0.717, 1.165) is 0 Å². The fraction of sp³-hybridized carbons (Fsp3) is 0.417. The van der Waals surface area contributed by atoms with E-state index in [1.54, 1.807) is 13.2 Å². The Labute approximate surface area is 108 Å². The van der Waals surface area contributed by atoms with Gasteiger partial charge >= 0.3 is 0 Å². The number of ether oxygens (including phenoxy) is 1. The molecule has 0 aliphatic rings. The summed E-state index contributed by atoms with van der Waals surface area (Å²) in [5, 5.41) is 2.63. The summed E-state index contributed by atoms with van der Waals surface area (Å²) in [7, 11) is 1.56. The molecule has 0 unspecified atom stereocenters. The highest BCUT2D eigenvalue weighted by Crippen LogP contribution is 2.15. The first-order valence-electron chi connectivity index (χ1n) is 5.14. The van der Waals surface area contributed by atoms with Crippen LogP contribution in [0.25, 0.3) is 0 Å². The molecule has 0 atom stereocenters. The minimum Gasteiger partial charge on any atom is -0.377 e. The third-order valence-corrected chi connectivity index (χ3v) is 2.89. The standard InChI is InChI=1S/C12H15BrFNO2/c1-12(2,17-3)7-15-11(16)9-6-8(13)4-5-10(9)14/h4-6H,7H2,1-3H3,(H,15,16). The predicted octanol–water partition coefficient (Wildman–Crippen LogP) is 2.74. The Kier molecular flexibility index (Phi) is 4.65. The molecule has 0 bridgehead atoms. The zero-order valence-electron chi connectivity index (χ0n) is 10.0. The van der Waals surface area contributed by atoms with Crippen molar-refractivity contribution in [2.45, 2.75) is 19.4 Å². The molecule has 1 amide bonds. The van der Waals surface area contributed by atoms with Crippen molar-refractivity contribution in [1.82, 2.24) is 5.32 Å². The number of hydrogen-bond donors (Lipinski definition) is 1. The first-order valence-corrected chi connectivity index (χ1v) is 5.93. The molecular formula is C12H15BrFNO2. The molecule has 0 saturated heterocycles. The number of carbonyl (C=O) groups is 1. The van der Waals surface area contributed by atoms with Crippen molar-refractivity contribution in [2.75, 3.05) is 13.7 Å². The minimum atomic E-state index is -0.541. The van der Waals surface area contributed by atoms with Gasteiger partial charge in [0.15, 0.2) is 0 Å². The van der Waals surface area contributed by atoms with E-state index < -0.39 is 17.3 Å². The molecule has 1 rings (SSSR count). The molecular weight excluding hydrogens is 289 g/mol. The smallest absolute Gasteiger partial charge is 0.254 e. The SMILES string of the molecule is COC(C)(C)CNC(=O)c1cc(Br)ccc1F. The van der Waals surface area contributed by atoms with E-state index in [1.165, 1.54) is 12.1 Å². The molecule has 0 radical (unpaired) electrons. The highest BCUT2D eigenvalue weighted by molar-refractivity contribution is 9.10. The number of halogens is 2. The molecule has 3 nitrogen and oxygen atoms in total. The largest absolute Gasteiger partial charge is 0.377 e. The van der Waals surface area contributed by atoms with E-state index in [-0.39, 0.29) is 5.56 Å². The van der Waals surface area contributed by atoms with Gasteiger partial charge in [0.1, 0.15) is 5.82 Å². The number of hydrogen-bond acceptors (Lipinski definition) is 2. The molecule has 94 valence electrons. The number of benzene rings is 1. The topological polar surface area (TPSA) is 38.3 Å². The quantitative estimate of drug-likeness (QED) is 0.929. The molecule has 0 aromatic heterocycles. The van der Waals surface area contributed by atoms with Gasteiger partial charge in [0.25, 0.3) is 5.91 Å². The van der Waals surface area contributed by atoms with E-state index in [1.807, 2.05) is 13.8 Å². The molecule has 1 aromatic rings. The van der Waals surface area contributed by atoms with Gasteiger partial charge in [-0.25, -0.2) is 4.39 Å². The van der Waals surface area contributed by atoms with Crippen LogP contribution in [0.4, 0.5) is 4.39 Å². The zero-order valence-corrected chi connectivity index (χ0v) is 11.6. The minimum absolute atomic E-state index is 0.0197. The van der Waals surface area contributed by atoms with E-state index in [0.29, 0.717) is 11.0 Å². The summed E-state index contributed by atoms with van der Waals surface area (Å²) in [4.78, 5) is 11.8. The van der Waals surface area contributed by atoms with Crippen molar-refractivity contribution < 1.29 is 13.9 Å². The Balaban J connectivity index is 2.74. The number of methoxy groups -OCH3 is 1. The van der Waals surface area contributed by atoms with Crippen molar-refractivity contribution in [3.63, 3.8) is 0 Å². The number of amides is 1. The fourth-order valence-corrected chi connectivity index (χ4v) is 1.49. The summed E-state index contributed by atoms with van der Waals surface area (Å²) in [5.41, 5.74) is -0.454. The summed E-state index contributed by atoms with van der Waals surface area (Å²) in [6.45, 7) is 3.99. The van der Waals surface area contributed by atoms with Gasteiger partial charge in [0.05, 0.1) is 11.2 Å². The van der Waals surface area contributed by atoms with Crippen LogP contribution >= 0.6 is 15.9 Å². The summed E-state index contributed by atoms with van der Waals surface area (Å²) in [5.74, 6) is -0.991. The van der Waals surface area contributed by atoms with E-state index in [2.05, 4.69) is 21.2 Å². The highest BCUT2D eigenvalue weighted by atomic mass is 79.9. The monoisotopic (exact) mass is 303 g/mol. The molecule has 0 heterocycles. The molecule has 0 aliphatic carbocycles. The molecule has 1 N–H and O–H groups in total. The lowest BCUT2D eigenvalue weighted by Gasteiger charge is -2.23. The van der Waals surface area contributed by atoms with E-state index >= 15 is 0 Å². The Morgan fingerprint density at radius 2 is 2.18 bits per heavy atom. The first-order chi connectivity index (χ1) is 7.85. The van der Waals surface area contributed by atoms with Crippen molar-refractivity contribution >= 4 is 21.8 Å². The van der Waals surface area contributed by atoms with Gasteiger partial charge in [-0.1, -0.05) is 15.9 Å². The van der Waals surface area contributed by atoms with Gasteiger partial charge < -0.3 is 10.1 Å². The average Bonchev–Trinajstić information content (AvgIpc) is 2.29. The maximum absolute atomic E-state index is 13.4. The number of rotatable bonds is 4. The third kappa shape index (κ3) is 4.09. The summed E-state index contributed by atoms with van der Waals surface area (Å²) in [6.07, 6.45) is 0. The molecule has 0 fully saturated rings. The predicted molar refractivity (Wildman–Crippen MR) is 67.5 cm³/mol. The zero-order chi connectivity index (χ0) is 13.1.